The molecule has 0 saturated carbocycles. The Morgan fingerprint density at radius 2 is 2.37 bits per heavy atom. The number of piperidine rings is 1. The van der Waals surface area contributed by atoms with Crippen molar-refractivity contribution in [1.29, 1.82) is 0 Å². The van der Waals surface area contributed by atoms with Crippen molar-refractivity contribution in [3.63, 3.8) is 0 Å². The van der Waals surface area contributed by atoms with E-state index < -0.39 is 5.60 Å². The van der Waals surface area contributed by atoms with Gasteiger partial charge in [-0.15, -0.1) is 0 Å². The van der Waals surface area contributed by atoms with Gasteiger partial charge in [0.1, 0.15) is 5.60 Å². The Bertz CT molecular complexity index is 488. The number of aliphatic hydroxyl groups excluding tert-OH is 1. The monoisotopic (exact) mass is 268 g/mol. The molecule has 3 N–H and O–H groups in total. The topological polar surface area (TPSA) is 85.8 Å². The van der Waals surface area contributed by atoms with Crippen LogP contribution < -0.4 is 10.2 Å². The predicted octanol–water partition coefficient (Wildman–Crippen LogP) is -0.297. The van der Waals surface area contributed by atoms with E-state index in [9.17, 15) is 15.0 Å². The first-order valence-electron chi connectivity index (χ1n) is 6.37. The van der Waals surface area contributed by atoms with Crippen molar-refractivity contribution >= 4 is 0 Å². The van der Waals surface area contributed by atoms with Crippen LogP contribution >= 0.6 is 0 Å². The van der Waals surface area contributed by atoms with Crippen molar-refractivity contribution in [3.05, 3.63) is 28.2 Å². The number of hydrogen-bond donors (Lipinski definition) is 3. The summed E-state index contributed by atoms with van der Waals surface area (Å²) in [5.41, 5.74) is -0.413. The minimum Gasteiger partial charge on any atom is -0.491 e. The number of aromatic amines is 1. The summed E-state index contributed by atoms with van der Waals surface area (Å²) in [6, 6.07) is 1.51. The van der Waals surface area contributed by atoms with Crippen LogP contribution in [0, 0.1) is 0 Å². The van der Waals surface area contributed by atoms with Gasteiger partial charge in [0, 0.05) is 31.0 Å². The first-order chi connectivity index (χ1) is 9.06. The van der Waals surface area contributed by atoms with E-state index in [0.717, 1.165) is 18.7 Å². The third-order valence-electron chi connectivity index (χ3n) is 3.48. The molecular formula is C13H20N2O4. The summed E-state index contributed by atoms with van der Waals surface area (Å²) in [6.07, 6.45) is 2.98. The second kappa shape index (κ2) is 5.73. The highest BCUT2D eigenvalue weighted by Crippen LogP contribution is 2.21. The number of hydrogen-bond acceptors (Lipinski definition) is 5. The van der Waals surface area contributed by atoms with Gasteiger partial charge in [-0.05, 0) is 19.4 Å². The first kappa shape index (κ1) is 14.0. The van der Waals surface area contributed by atoms with Gasteiger partial charge in [0.05, 0.1) is 13.7 Å². The molecule has 0 radical (unpaired) electrons. The molecule has 1 atom stereocenters. The second-order valence-corrected chi connectivity index (χ2v) is 5.09. The summed E-state index contributed by atoms with van der Waals surface area (Å²) in [6.45, 7) is 1.57. The Labute approximate surface area is 111 Å². The van der Waals surface area contributed by atoms with Crippen LogP contribution in [0.4, 0.5) is 0 Å². The number of ether oxygens (including phenoxy) is 1. The number of nitrogens with zero attached hydrogens (tertiary/aromatic N) is 1. The van der Waals surface area contributed by atoms with E-state index in [4.69, 9.17) is 4.74 Å². The lowest BCUT2D eigenvalue weighted by molar-refractivity contribution is -0.0689. The first-order valence-corrected chi connectivity index (χ1v) is 6.37. The number of β-amino-alcohol motifs (C(OH)–C–C–N with tert-alkyl or cyclic N) is 1. The van der Waals surface area contributed by atoms with E-state index >= 15 is 0 Å². The summed E-state index contributed by atoms with van der Waals surface area (Å²) < 4.78 is 4.91. The van der Waals surface area contributed by atoms with Crippen LogP contribution in [0.25, 0.3) is 0 Å². The molecule has 2 rings (SSSR count). The van der Waals surface area contributed by atoms with Gasteiger partial charge in [-0.1, -0.05) is 0 Å². The Hall–Kier alpha value is -1.37. The maximum atomic E-state index is 11.6. The predicted molar refractivity (Wildman–Crippen MR) is 70.2 cm³/mol. The van der Waals surface area contributed by atoms with Gasteiger partial charge in [-0.3, -0.25) is 9.69 Å². The Balaban J connectivity index is 2.05. The zero-order valence-electron chi connectivity index (χ0n) is 11.1. The van der Waals surface area contributed by atoms with Gasteiger partial charge < -0.3 is 19.9 Å². The van der Waals surface area contributed by atoms with Crippen LogP contribution in [0.15, 0.2) is 17.1 Å². The number of pyridine rings is 1. The third-order valence-corrected chi connectivity index (χ3v) is 3.48. The minimum absolute atomic E-state index is 0.161. The molecular weight excluding hydrogens is 248 g/mol. The molecule has 1 fully saturated rings. The Morgan fingerprint density at radius 3 is 3.00 bits per heavy atom. The van der Waals surface area contributed by atoms with Crippen LogP contribution in [0.1, 0.15) is 18.5 Å². The molecule has 1 aliphatic rings. The van der Waals surface area contributed by atoms with Gasteiger partial charge in [0.15, 0.2) is 5.75 Å². The molecule has 6 heteroatoms. The fourth-order valence-corrected chi connectivity index (χ4v) is 2.46. The highest BCUT2D eigenvalue weighted by atomic mass is 16.5. The highest BCUT2D eigenvalue weighted by Gasteiger charge is 2.32. The summed E-state index contributed by atoms with van der Waals surface area (Å²) in [5, 5.41) is 19.3. The molecule has 0 bridgehead atoms. The zero-order chi connectivity index (χ0) is 13.9. The average Bonchev–Trinajstić information content (AvgIpc) is 2.39. The zero-order valence-corrected chi connectivity index (χ0v) is 11.1. The van der Waals surface area contributed by atoms with Crippen LogP contribution in [0.5, 0.6) is 5.75 Å². The van der Waals surface area contributed by atoms with Gasteiger partial charge >= 0.3 is 0 Å². The molecule has 1 unspecified atom stereocenters. The van der Waals surface area contributed by atoms with Crippen LogP contribution in [0.2, 0.25) is 0 Å². The number of H-pyrrole nitrogens is 1. The number of likely N-dealkylation sites (tertiary alicyclic amines) is 1. The van der Waals surface area contributed by atoms with E-state index in [1.165, 1.54) is 13.2 Å². The van der Waals surface area contributed by atoms with E-state index in [1.807, 2.05) is 4.90 Å². The van der Waals surface area contributed by atoms with Crippen molar-refractivity contribution < 1.29 is 14.9 Å². The van der Waals surface area contributed by atoms with Crippen molar-refractivity contribution in [2.45, 2.75) is 25.0 Å². The molecule has 106 valence electrons. The quantitative estimate of drug-likeness (QED) is 0.698. The lowest BCUT2D eigenvalue weighted by Gasteiger charge is -2.37. The standard InChI is InChI=1S/C13H20N2O4/c1-19-12-6-14-10(5-11(12)17)7-15-4-2-3-13(18,8-15)9-16/h5-6,16,18H,2-4,7-9H2,1H3,(H,14,17). The maximum absolute atomic E-state index is 11.6. The Morgan fingerprint density at radius 1 is 1.58 bits per heavy atom. The third kappa shape index (κ3) is 3.34. The lowest BCUT2D eigenvalue weighted by Crippen LogP contribution is -2.50. The highest BCUT2D eigenvalue weighted by molar-refractivity contribution is 5.20. The van der Waals surface area contributed by atoms with Crippen molar-refractivity contribution in [1.82, 2.24) is 9.88 Å². The van der Waals surface area contributed by atoms with E-state index in [0.29, 0.717) is 19.5 Å². The van der Waals surface area contributed by atoms with Crippen molar-refractivity contribution in [2.24, 2.45) is 0 Å². The smallest absolute Gasteiger partial charge is 0.223 e. The summed E-state index contributed by atoms with van der Waals surface area (Å²) in [7, 11) is 1.45. The number of aliphatic hydroxyl groups is 2. The van der Waals surface area contributed by atoms with E-state index in [1.54, 1.807) is 6.20 Å². The number of rotatable bonds is 4. The molecule has 19 heavy (non-hydrogen) atoms. The van der Waals surface area contributed by atoms with Gasteiger partial charge in [-0.25, -0.2) is 0 Å². The SMILES string of the molecule is COc1c[nH]c(CN2CCCC(O)(CO)C2)cc1=O. The van der Waals surface area contributed by atoms with E-state index in [2.05, 4.69) is 4.98 Å². The normalized spacial score (nSPS) is 24.4. The molecule has 0 aromatic carbocycles. The summed E-state index contributed by atoms with van der Waals surface area (Å²) in [5.74, 6) is 0.286. The lowest BCUT2D eigenvalue weighted by atomic mass is 9.94. The fraction of sp³-hybridized carbons (Fsp3) is 0.615. The van der Waals surface area contributed by atoms with Gasteiger partial charge in [0.2, 0.25) is 5.43 Å². The van der Waals surface area contributed by atoms with Crippen LogP contribution in [0.3, 0.4) is 0 Å². The van der Waals surface area contributed by atoms with Gasteiger partial charge in [0.25, 0.3) is 0 Å². The molecule has 6 nitrogen and oxygen atoms in total. The largest absolute Gasteiger partial charge is 0.491 e. The molecule has 1 aliphatic heterocycles. The molecule has 0 spiro atoms. The summed E-state index contributed by atoms with van der Waals surface area (Å²) in [4.78, 5) is 16.7. The molecule has 0 aliphatic carbocycles. The van der Waals surface area contributed by atoms with Crippen LogP contribution in [-0.4, -0.2) is 52.5 Å². The second-order valence-electron chi connectivity index (χ2n) is 5.09. The van der Waals surface area contributed by atoms with Gasteiger partial charge in [-0.2, -0.15) is 0 Å². The molecule has 1 aromatic rings. The fourth-order valence-electron chi connectivity index (χ4n) is 2.46. The molecule has 1 aromatic heterocycles. The summed E-state index contributed by atoms with van der Waals surface area (Å²) >= 11 is 0. The molecule has 2 heterocycles. The number of aromatic nitrogens is 1. The average molecular weight is 268 g/mol. The van der Waals surface area contributed by atoms with Crippen molar-refractivity contribution in [3.8, 4) is 5.75 Å². The van der Waals surface area contributed by atoms with Crippen molar-refractivity contribution in [2.75, 3.05) is 26.8 Å². The number of nitrogens with one attached hydrogen (secondary N) is 1. The maximum Gasteiger partial charge on any atom is 0.223 e. The molecule has 0 amide bonds. The Kier molecular flexibility index (Phi) is 4.24. The minimum atomic E-state index is -1.02. The number of methoxy groups -OCH3 is 1. The van der Waals surface area contributed by atoms with Crippen LogP contribution in [-0.2, 0) is 6.54 Å². The molecule has 1 saturated heterocycles. The van der Waals surface area contributed by atoms with E-state index in [-0.39, 0.29) is 17.8 Å².